The van der Waals surface area contributed by atoms with E-state index in [4.69, 9.17) is 11.5 Å². The van der Waals surface area contributed by atoms with Crippen molar-refractivity contribution < 1.29 is 4.79 Å². The molecule has 0 aromatic carbocycles. The molecule has 0 aliphatic carbocycles. The molecule has 1 fully saturated rings. The van der Waals surface area contributed by atoms with Crippen molar-refractivity contribution in [1.29, 1.82) is 0 Å². The van der Waals surface area contributed by atoms with Crippen molar-refractivity contribution in [3.63, 3.8) is 0 Å². The van der Waals surface area contributed by atoms with Crippen LogP contribution in [0.1, 0.15) is 19.8 Å². The fourth-order valence-electron chi connectivity index (χ4n) is 1.92. The number of likely N-dealkylation sites (tertiary alicyclic amines) is 1. The first-order valence-corrected chi connectivity index (χ1v) is 4.88. The van der Waals surface area contributed by atoms with Gasteiger partial charge in [0.25, 0.3) is 0 Å². The molecular weight excluding hydrogens is 202 g/mol. The van der Waals surface area contributed by atoms with Crippen molar-refractivity contribution in [2.45, 2.75) is 25.8 Å². The van der Waals surface area contributed by atoms with Crippen molar-refractivity contribution in [3.05, 3.63) is 0 Å². The molecule has 1 rings (SSSR count). The molecule has 1 amide bonds. The van der Waals surface area contributed by atoms with Gasteiger partial charge in [0.1, 0.15) is 0 Å². The van der Waals surface area contributed by atoms with E-state index < -0.39 is 0 Å². The fraction of sp³-hybridized carbons (Fsp3) is 0.889. The summed E-state index contributed by atoms with van der Waals surface area (Å²) in [5.74, 6) is 0.706. The van der Waals surface area contributed by atoms with Crippen LogP contribution in [0.25, 0.3) is 0 Å². The van der Waals surface area contributed by atoms with Gasteiger partial charge < -0.3 is 16.4 Å². The Morgan fingerprint density at radius 2 is 2.14 bits per heavy atom. The van der Waals surface area contributed by atoms with Crippen LogP contribution in [-0.2, 0) is 4.79 Å². The molecule has 2 atom stereocenters. The normalized spacial score (nSPS) is 26.9. The number of carbonyl (C=O) groups is 1. The van der Waals surface area contributed by atoms with Crippen molar-refractivity contribution >= 4 is 18.3 Å². The van der Waals surface area contributed by atoms with Gasteiger partial charge in [-0.3, -0.25) is 4.79 Å². The SMILES string of the molecule is CC1CCN(C(=O)CN)C(CN)C1.Cl. The molecule has 2 unspecified atom stereocenters. The van der Waals surface area contributed by atoms with E-state index >= 15 is 0 Å². The lowest BCUT2D eigenvalue weighted by atomic mass is 9.92. The third-order valence-electron chi connectivity index (χ3n) is 2.75. The second-order valence-electron chi connectivity index (χ2n) is 3.81. The summed E-state index contributed by atoms with van der Waals surface area (Å²) in [4.78, 5) is 13.2. The zero-order valence-corrected chi connectivity index (χ0v) is 9.43. The second-order valence-corrected chi connectivity index (χ2v) is 3.81. The Hall–Kier alpha value is -0.320. The highest BCUT2D eigenvalue weighted by Crippen LogP contribution is 2.21. The summed E-state index contributed by atoms with van der Waals surface area (Å²) in [7, 11) is 0. The van der Waals surface area contributed by atoms with Crippen LogP contribution in [0.15, 0.2) is 0 Å². The largest absolute Gasteiger partial charge is 0.337 e. The van der Waals surface area contributed by atoms with E-state index in [0.29, 0.717) is 12.5 Å². The molecule has 0 aromatic rings. The zero-order valence-electron chi connectivity index (χ0n) is 8.61. The van der Waals surface area contributed by atoms with Crippen LogP contribution < -0.4 is 11.5 Å². The molecule has 0 saturated carbocycles. The molecule has 0 radical (unpaired) electrons. The number of hydrogen-bond donors (Lipinski definition) is 2. The number of piperidine rings is 1. The summed E-state index contributed by atoms with van der Waals surface area (Å²) in [5, 5.41) is 0. The predicted molar refractivity (Wildman–Crippen MR) is 59.3 cm³/mol. The predicted octanol–water partition coefficient (Wildman–Crippen LogP) is -0.0473. The first kappa shape index (κ1) is 13.7. The monoisotopic (exact) mass is 221 g/mol. The number of hydrogen-bond acceptors (Lipinski definition) is 3. The third kappa shape index (κ3) is 3.12. The molecule has 14 heavy (non-hydrogen) atoms. The topological polar surface area (TPSA) is 72.3 Å². The average Bonchev–Trinajstić information content (AvgIpc) is 2.16. The Morgan fingerprint density at radius 3 is 2.64 bits per heavy atom. The fourth-order valence-corrected chi connectivity index (χ4v) is 1.92. The van der Waals surface area contributed by atoms with Gasteiger partial charge in [-0.2, -0.15) is 0 Å². The number of nitrogens with zero attached hydrogens (tertiary/aromatic N) is 1. The minimum absolute atomic E-state index is 0. The highest BCUT2D eigenvalue weighted by Gasteiger charge is 2.27. The Bertz CT molecular complexity index is 189. The van der Waals surface area contributed by atoms with Crippen LogP contribution >= 0.6 is 12.4 Å². The molecule has 0 aromatic heterocycles. The molecule has 1 aliphatic heterocycles. The van der Waals surface area contributed by atoms with Gasteiger partial charge in [-0.05, 0) is 18.8 Å². The van der Waals surface area contributed by atoms with Crippen molar-refractivity contribution in [2.75, 3.05) is 19.6 Å². The molecule has 5 heteroatoms. The van der Waals surface area contributed by atoms with Crippen LogP contribution in [0.2, 0.25) is 0 Å². The molecule has 4 N–H and O–H groups in total. The Labute approximate surface area is 91.4 Å². The lowest BCUT2D eigenvalue weighted by Crippen LogP contribution is -2.51. The van der Waals surface area contributed by atoms with Crippen LogP contribution in [0.3, 0.4) is 0 Å². The molecule has 0 bridgehead atoms. The molecular formula is C9H20ClN3O. The van der Waals surface area contributed by atoms with Gasteiger partial charge in [-0.15, -0.1) is 12.4 Å². The van der Waals surface area contributed by atoms with Gasteiger partial charge in [0.15, 0.2) is 0 Å². The van der Waals surface area contributed by atoms with Crippen LogP contribution in [0, 0.1) is 5.92 Å². The smallest absolute Gasteiger partial charge is 0.236 e. The van der Waals surface area contributed by atoms with Crippen LogP contribution in [0.4, 0.5) is 0 Å². The van der Waals surface area contributed by atoms with Gasteiger partial charge in [-0.1, -0.05) is 6.92 Å². The highest BCUT2D eigenvalue weighted by atomic mass is 35.5. The first-order chi connectivity index (χ1) is 6.19. The third-order valence-corrected chi connectivity index (χ3v) is 2.75. The maximum absolute atomic E-state index is 11.4. The molecule has 1 aliphatic rings. The summed E-state index contributed by atoms with van der Waals surface area (Å²) in [6, 6.07) is 0.208. The number of carbonyl (C=O) groups excluding carboxylic acids is 1. The number of halogens is 1. The van der Waals surface area contributed by atoms with E-state index in [9.17, 15) is 4.79 Å². The van der Waals surface area contributed by atoms with Gasteiger partial charge in [0.2, 0.25) is 5.91 Å². The van der Waals surface area contributed by atoms with Gasteiger partial charge in [0.05, 0.1) is 6.54 Å². The van der Waals surface area contributed by atoms with Crippen molar-refractivity contribution in [3.8, 4) is 0 Å². The van der Waals surface area contributed by atoms with Gasteiger partial charge in [0, 0.05) is 19.1 Å². The average molecular weight is 222 g/mol. The van der Waals surface area contributed by atoms with Crippen molar-refractivity contribution in [2.24, 2.45) is 17.4 Å². The minimum Gasteiger partial charge on any atom is -0.337 e. The van der Waals surface area contributed by atoms with Crippen LogP contribution in [0.5, 0.6) is 0 Å². The molecule has 84 valence electrons. The van der Waals surface area contributed by atoms with E-state index in [1.807, 2.05) is 4.90 Å². The summed E-state index contributed by atoms with van der Waals surface area (Å²) in [6.45, 7) is 3.67. The second kappa shape index (κ2) is 6.22. The number of rotatable bonds is 2. The Morgan fingerprint density at radius 1 is 1.50 bits per heavy atom. The number of amides is 1. The zero-order chi connectivity index (χ0) is 9.84. The quantitative estimate of drug-likeness (QED) is 0.687. The van der Waals surface area contributed by atoms with Gasteiger partial charge >= 0.3 is 0 Å². The maximum atomic E-state index is 11.4. The van der Waals surface area contributed by atoms with E-state index in [2.05, 4.69) is 6.92 Å². The standard InChI is InChI=1S/C9H19N3O.ClH/c1-7-2-3-12(9(13)6-11)8(4-7)5-10;/h7-8H,2-6,10-11H2,1H3;1H. The van der Waals surface area contributed by atoms with E-state index in [0.717, 1.165) is 19.4 Å². The summed E-state index contributed by atoms with van der Waals surface area (Å²) < 4.78 is 0. The lowest BCUT2D eigenvalue weighted by Gasteiger charge is -2.37. The summed E-state index contributed by atoms with van der Waals surface area (Å²) >= 11 is 0. The molecule has 4 nitrogen and oxygen atoms in total. The Balaban J connectivity index is 0.00000169. The first-order valence-electron chi connectivity index (χ1n) is 4.88. The maximum Gasteiger partial charge on any atom is 0.236 e. The highest BCUT2D eigenvalue weighted by molar-refractivity contribution is 5.85. The number of nitrogens with two attached hydrogens (primary N) is 2. The van der Waals surface area contributed by atoms with E-state index in [1.165, 1.54) is 0 Å². The van der Waals surface area contributed by atoms with E-state index in [1.54, 1.807) is 0 Å². The Kier molecular flexibility index (Phi) is 6.08. The van der Waals surface area contributed by atoms with Gasteiger partial charge in [-0.25, -0.2) is 0 Å². The molecule has 1 heterocycles. The van der Waals surface area contributed by atoms with Crippen LogP contribution in [-0.4, -0.2) is 36.5 Å². The molecule has 1 saturated heterocycles. The lowest BCUT2D eigenvalue weighted by molar-refractivity contribution is -0.133. The summed E-state index contributed by atoms with van der Waals surface area (Å²) in [6.07, 6.45) is 2.09. The summed E-state index contributed by atoms with van der Waals surface area (Å²) in [5.41, 5.74) is 10.9. The minimum atomic E-state index is 0. The van der Waals surface area contributed by atoms with Crippen molar-refractivity contribution in [1.82, 2.24) is 4.90 Å². The van der Waals surface area contributed by atoms with E-state index in [-0.39, 0.29) is 30.9 Å². The molecule has 0 spiro atoms.